The van der Waals surface area contributed by atoms with E-state index in [1.807, 2.05) is 0 Å². The molecular weight excluding hydrogens is 170 g/mol. The van der Waals surface area contributed by atoms with Crippen LogP contribution in [-0.4, -0.2) is 11.5 Å². The number of nitrogens with zero attached hydrogens (tertiary/aromatic N) is 2. The van der Waals surface area contributed by atoms with Crippen molar-refractivity contribution in [1.29, 1.82) is 5.26 Å². The minimum absolute atomic E-state index is 0.456. The molecule has 0 saturated carbocycles. The molecule has 2 heterocycles. The molecule has 1 aliphatic rings. The number of thiazole rings is 1. The molecule has 0 fully saturated rings. The molecule has 0 unspecified atom stereocenters. The number of fused-ring (bicyclic) bond motifs is 1. The third kappa shape index (κ3) is 1.33. The summed E-state index contributed by atoms with van der Waals surface area (Å²) >= 11 is 1.66. The van der Waals surface area contributed by atoms with Crippen LogP contribution in [-0.2, 0) is 19.4 Å². The van der Waals surface area contributed by atoms with Crippen molar-refractivity contribution in [2.24, 2.45) is 0 Å². The molecule has 1 aromatic heterocycles. The molecule has 0 aromatic carbocycles. The Balaban J connectivity index is 2.27. The van der Waals surface area contributed by atoms with Gasteiger partial charge in [0.25, 0.3) is 0 Å². The van der Waals surface area contributed by atoms with Gasteiger partial charge in [0.1, 0.15) is 5.01 Å². The molecule has 0 amide bonds. The van der Waals surface area contributed by atoms with Crippen molar-refractivity contribution in [2.75, 3.05) is 6.54 Å². The summed E-state index contributed by atoms with van der Waals surface area (Å²) in [5, 5.41) is 12.7. The summed E-state index contributed by atoms with van der Waals surface area (Å²) in [5.74, 6) is 0. The van der Waals surface area contributed by atoms with Crippen LogP contribution in [0.3, 0.4) is 0 Å². The zero-order chi connectivity index (χ0) is 8.39. The average Bonchev–Trinajstić information content (AvgIpc) is 2.47. The number of aromatic nitrogens is 1. The van der Waals surface area contributed by atoms with E-state index in [9.17, 15) is 0 Å². The van der Waals surface area contributed by atoms with Gasteiger partial charge in [0.2, 0.25) is 0 Å². The second kappa shape index (κ2) is 3.21. The predicted octanol–water partition coefficient (Wildman–Crippen LogP) is 0.855. The number of hydrogen-bond donors (Lipinski definition) is 1. The van der Waals surface area contributed by atoms with Crippen LogP contribution in [0.15, 0.2) is 0 Å². The normalized spacial score (nSPS) is 15.2. The van der Waals surface area contributed by atoms with Crippen LogP contribution in [0.5, 0.6) is 0 Å². The molecule has 2 rings (SSSR count). The molecule has 1 N–H and O–H groups in total. The molecule has 0 saturated heterocycles. The Hall–Kier alpha value is -0.920. The summed E-state index contributed by atoms with van der Waals surface area (Å²) in [4.78, 5) is 5.71. The Bertz CT molecular complexity index is 300. The number of hydrogen-bond acceptors (Lipinski definition) is 4. The zero-order valence-corrected chi connectivity index (χ0v) is 7.45. The average molecular weight is 179 g/mol. The number of nitriles is 1. The molecule has 0 atom stereocenters. The quantitative estimate of drug-likeness (QED) is 0.695. The van der Waals surface area contributed by atoms with E-state index in [-0.39, 0.29) is 0 Å². The Morgan fingerprint density at radius 1 is 1.67 bits per heavy atom. The molecule has 4 heteroatoms. The Kier molecular flexibility index (Phi) is 2.07. The van der Waals surface area contributed by atoms with Gasteiger partial charge in [0, 0.05) is 24.4 Å². The lowest BCUT2D eigenvalue weighted by molar-refractivity contribution is 0.643. The van der Waals surface area contributed by atoms with Crippen LogP contribution in [0.25, 0.3) is 0 Å². The first-order valence-electron chi connectivity index (χ1n) is 3.95. The second-order valence-corrected chi connectivity index (χ2v) is 3.91. The van der Waals surface area contributed by atoms with Crippen molar-refractivity contribution >= 4 is 11.3 Å². The van der Waals surface area contributed by atoms with E-state index in [4.69, 9.17) is 5.26 Å². The largest absolute Gasteiger partial charge is 0.311 e. The minimum atomic E-state index is 0.456. The van der Waals surface area contributed by atoms with Gasteiger partial charge >= 0.3 is 0 Å². The van der Waals surface area contributed by atoms with Crippen molar-refractivity contribution in [2.45, 2.75) is 19.4 Å². The summed E-state index contributed by atoms with van der Waals surface area (Å²) in [6.07, 6.45) is 1.47. The van der Waals surface area contributed by atoms with E-state index >= 15 is 0 Å². The maximum atomic E-state index is 8.48. The summed E-state index contributed by atoms with van der Waals surface area (Å²) < 4.78 is 0. The van der Waals surface area contributed by atoms with Crippen molar-refractivity contribution in [3.05, 3.63) is 15.6 Å². The van der Waals surface area contributed by atoms with E-state index in [0.717, 1.165) is 24.5 Å². The van der Waals surface area contributed by atoms with Gasteiger partial charge in [-0.05, 0) is 0 Å². The van der Waals surface area contributed by atoms with Crippen molar-refractivity contribution in [3.8, 4) is 6.07 Å². The highest BCUT2D eigenvalue weighted by molar-refractivity contribution is 7.11. The summed E-state index contributed by atoms with van der Waals surface area (Å²) in [6, 6.07) is 2.12. The summed E-state index contributed by atoms with van der Waals surface area (Å²) in [5.41, 5.74) is 1.20. The smallest absolute Gasteiger partial charge is 0.107 e. The molecule has 0 radical (unpaired) electrons. The van der Waals surface area contributed by atoms with Gasteiger partial charge in [-0.25, -0.2) is 4.98 Å². The second-order valence-electron chi connectivity index (χ2n) is 2.74. The van der Waals surface area contributed by atoms with Gasteiger partial charge in [-0.15, -0.1) is 11.3 Å². The number of rotatable bonds is 1. The van der Waals surface area contributed by atoms with E-state index in [2.05, 4.69) is 16.4 Å². The molecule has 62 valence electrons. The van der Waals surface area contributed by atoms with Crippen molar-refractivity contribution < 1.29 is 0 Å². The van der Waals surface area contributed by atoms with Crippen LogP contribution >= 0.6 is 11.3 Å². The van der Waals surface area contributed by atoms with E-state index in [1.165, 1.54) is 10.6 Å². The lowest BCUT2D eigenvalue weighted by atomic mass is 10.2. The molecule has 1 aromatic rings. The highest BCUT2D eigenvalue weighted by Crippen LogP contribution is 2.21. The lowest BCUT2D eigenvalue weighted by Crippen LogP contribution is -2.22. The standard InChI is InChI=1S/C8H9N3S/c9-3-1-8-11-6-2-4-10-5-7(6)12-8/h10H,1-2,4-5H2. The van der Waals surface area contributed by atoms with E-state index in [0.29, 0.717) is 6.42 Å². The molecule has 1 aliphatic heterocycles. The Labute approximate surface area is 75.1 Å². The van der Waals surface area contributed by atoms with Crippen LogP contribution in [0, 0.1) is 11.3 Å². The van der Waals surface area contributed by atoms with Gasteiger partial charge in [0.15, 0.2) is 0 Å². The van der Waals surface area contributed by atoms with Crippen LogP contribution < -0.4 is 5.32 Å². The minimum Gasteiger partial charge on any atom is -0.311 e. The predicted molar refractivity (Wildman–Crippen MR) is 46.8 cm³/mol. The fraction of sp³-hybridized carbons (Fsp3) is 0.500. The molecule has 3 nitrogen and oxygen atoms in total. The van der Waals surface area contributed by atoms with Gasteiger partial charge in [-0.1, -0.05) is 0 Å². The van der Waals surface area contributed by atoms with E-state index in [1.54, 1.807) is 11.3 Å². The Morgan fingerprint density at radius 2 is 2.58 bits per heavy atom. The molecule has 12 heavy (non-hydrogen) atoms. The Morgan fingerprint density at radius 3 is 3.33 bits per heavy atom. The zero-order valence-electron chi connectivity index (χ0n) is 6.63. The van der Waals surface area contributed by atoms with Crippen LogP contribution in [0.2, 0.25) is 0 Å². The topological polar surface area (TPSA) is 48.7 Å². The van der Waals surface area contributed by atoms with E-state index < -0.39 is 0 Å². The summed E-state index contributed by atoms with van der Waals surface area (Å²) in [6.45, 7) is 1.95. The SMILES string of the molecule is N#CCc1nc2c(s1)CNCC2. The molecular formula is C8H9N3S. The lowest BCUT2D eigenvalue weighted by Gasteiger charge is -2.09. The molecule has 0 aliphatic carbocycles. The first-order chi connectivity index (χ1) is 5.90. The fourth-order valence-corrected chi connectivity index (χ4v) is 2.34. The monoisotopic (exact) mass is 179 g/mol. The first-order valence-corrected chi connectivity index (χ1v) is 4.77. The van der Waals surface area contributed by atoms with Crippen molar-refractivity contribution in [1.82, 2.24) is 10.3 Å². The maximum absolute atomic E-state index is 8.48. The van der Waals surface area contributed by atoms with Gasteiger partial charge < -0.3 is 5.32 Å². The van der Waals surface area contributed by atoms with Gasteiger partial charge in [0.05, 0.1) is 18.2 Å². The van der Waals surface area contributed by atoms with Gasteiger partial charge in [-0.2, -0.15) is 5.26 Å². The first kappa shape index (κ1) is 7.71. The summed E-state index contributed by atoms with van der Waals surface area (Å²) in [7, 11) is 0. The van der Waals surface area contributed by atoms with Crippen molar-refractivity contribution in [3.63, 3.8) is 0 Å². The third-order valence-electron chi connectivity index (χ3n) is 1.88. The molecule has 0 spiro atoms. The third-order valence-corrected chi connectivity index (χ3v) is 2.97. The maximum Gasteiger partial charge on any atom is 0.107 e. The molecule has 0 bridgehead atoms. The highest BCUT2D eigenvalue weighted by atomic mass is 32.1. The fourth-order valence-electron chi connectivity index (χ4n) is 1.32. The van der Waals surface area contributed by atoms with Crippen LogP contribution in [0.4, 0.5) is 0 Å². The number of nitrogens with one attached hydrogen (secondary N) is 1. The van der Waals surface area contributed by atoms with Crippen LogP contribution in [0.1, 0.15) is 15.6 Å². The van der Waals surface area contributed by atoms with Gasteiger partial charge in [-0.3, -0.25) is 0 Å². The highest BCUT2D eigenvalue weighted by Gasteiger charge is 2.13.